The summed E-state index contributed by atoms with van der Waals surface area (Å²) in [5, 5.41) is 15.4. The minimum Gasteiger partial charge on any atom is -0.294 e. The second-order valence-corrected chi connectivity index (χ2v) is 8.51. The van der Waals surface area contributed by atoms with E-state index in [0.29, 0.717) is 11.4 Å². The first kappa shape index (κ1) is 23.3. The van der Waals surface area contributed by atoms with Crippen molar-refractivity contribution >= 4 is 28.2 Å². The molecule has 0 saturated carbocycles. The number of benzene rings is 2. The molecule has 0 aliphatic rings. The van der Waals surface area contributed by atoms with Crippen molar-refractivity contribution in [2.24, 2.45) is 0 Å². The zero-order valence-corrected chi connectivity index (χ0v) is 18.9. The van der Waals surface area contributed by atoms with E-state index in [1.54, 1.807) is 0 Å². The van der Waals surface area contributed by atoms with Gasteiger partial charge < -0.3 is 0 Å². The van der Waals surface area contributed by atoms with Crippen LogP contribution in [-0.4, -0.2) is 31.7 Å². The van der Waals surface area contributed by atoms with Gasteiger partial charge in [0.25, 0.3) is 11.7 Å². The molecule has 2 aromatic heterocycles. The molecule has 34 heavy (non-hydrogen) atoms. The van der Waals surface area contributed by atoms with Gasteiger partial charge in [0.1, 0.15) is 5.01 Å². The molecule has 0 bridgehead atoms. The second kappa shape index (κ2) is 9.18. The minimum atomic E-state index is -4.52. The van der Waals surface area contributed by atoms with E-state index in [4.69, 9.17) is 0 Å². The standard InChI is InChI=1S/C23H18F3N5O2S/c1-13-19(14(2)31(30-13)17-10-6-9-16(12-17)23(24,25)26)20(32)21(33)27-22-29-28-18(34-22)11-15-7-4-3-5-8-15/h3-10,12H,11H2,1-2H3,(H,27,29,33). The van der Waals surface area contributed by atoms with Crippen molar-refractivity contribution in [1.29, 1.82) is 0 Å². The van der Waals surface area contributed by atoms with E-state index in [1.165, 1.54) is 30.7 Å². The van der Waals surface area contributed by atoms with Gasteiger partial charge in [-0.05, 0) is 37.6 Å². The van der Waals surface area contributed by atoms with Gasteiger partial charge in [0.15, 0.2) is 0 Å². The number of aryl methyl sites for hydroxylation is 1. The lowest BCUT2D eigenvalue weighted by molar-refractivity contribution is -0.137. The number of carbonyl (C=O) groups excluding carboxylic acids is 2. The summed E-state index contributed by atoms with van der Waals surface area (Å²) in [6.07, 6.45) is -3.99. The molecule has 174 valence electrons. The van der Waals surface area contributed by atoms with Gasteiger partial charge in [-0.15, -0.1) is 10.2 Å². The van der Waals surface area contributed by atoms with Gasteiger partial charge in [-0.1, -0.05) is 47.7 Å². The highest BCUT2D eigenvalue weighted by Gasteiger charge is 2.31. The number of rotatable bonds is 6. The van der Waals surface area contributed by atoms with Crippen LogP contribution in [0.15, 0.2) is 54.6 Å². The van der Waals surface area contributed by atoms with Crippen molar-refractivity contribution in [2.45, 2.75) is 26.4 Å². The van der Waals surface area contributed by atoms with E-state index >= 15 is 0 Å². The van der Waals surface area contributed by atoms with Crippen LogP contribution in [0, 0.1) is 13.8 Å². The molecule has 1 N–H and O–H groups in total. The van der Waals surface area contributed by atoms with Crippen molar-refractivity contribution in [1.82, 2.24) is 20.0 Å². The van der Waals surface area contributed by atoms with Crippen LogP contribution in [0.5, 0.6) is 0 Å². The first-order valence-corrected chi connectivity index (χ1v) is 10.9. The maximum atomic E-state index is 13.1. The average molecular weight is 485 g/mol. The first-order chi connectivity index (χ1) is 16.1. The van der Waals surface area contributed by atoms with E-state index in [2.05, 4.69) is 20.6 Å². The lowest BCUT2D eigenvalue weighted by atomic mass is 10.1. The third kappa shape index (κ3) is 4.88. The Morgan fingerprint density at radius 2 is 1.76 bits per heavy atom. The van der Waals surface area contributed by atoms with E-state index < -0.39 is 23.4 Å². The Hall–Kier alpha value is -3.86. The lowest BCUT2D eigenvalue weighted by Crippen LogP contribution is -2.24. The van der Waals surface area contributed by atoms with Crippen LogP contribution >= 0.6 is 11.3 Å². The van der Waals surface area contributed by atoms with Crippen LogP contribution in [0.1, 0.15) is 37.9 Å². The molecular formula is C23H18F3N5O2S. The number of nitrogens with zero attached hydrogens (tertiary/aromatic N) is 4. The number of anilines is 1. The second-order valence-electron chi connectivity index (χ2n) is 7.45. The predicted octanol–water partition coefficient (Wildman–Crippen LogP) is 4.77. The van der Waals surface area contributed by atoms with Crippen LogP contribution in [-0.2, 0) is 17.4 Å². The number of hydrogen-bond donors (Lipinski definition) is 1. The van der Waals surface area contributed by atoms with Crippen LogP contribution in [0.3, 0.4) is 0 Å². The molecule has 7 nitrogen and oxygen atoms in total. The highest BCUT2D eigenvalue weighted by Crippen LogP contribution is 2.31. The van der Waals surface area contributed by atoms with E-state index in [1.807, 2.05) is 30.3 Å². The fourth-order valence-electron chi connectivity index (χ4n) is 3.45. The Morgan fingerprint density at radius 3 is 2.47 bits per heavy atom. The molecule has 0 unspecified atom stereocenters. The molecular weight excluding hydrogens is 467 g/mol. The topological polar surface area (TPSA) is 89.8 Å². The number of carbonyl (C=O) groups is 2. The number of hydrogen-bond acceptors (Lipinski definition) is 6. The Labute approximate surface area is 196 Å². The molecule has 0 aliphatic carbocycles. The third-order valence-corrected chi connectivity index (χ3v) is 5.87. The highest BCUT2D eigenvalue weighted by molar-refractivity contribution is 7.15. The number of ketones is 1. The Kier molecular flexibility index (Phi) is 6.29. The van der Waals surface area contributed by atoms with E-state index in [0.717, 1.165) is 29.0 Å². The molecule has 0 radical (unpaired) electrons. The summed E-state index contributed by atoms with van der Waals surface area (Å²) in [6.45, 7) is 3.03. The fraction of sp³-hybridized carbons (Fsp3) is 0.174. The summed E-state index contributed by atoms with van der Waals surface area (Å²) in [4.78, 5) is 25.5. The lowest BCUT2D eigenvalue weighted by Gasteiger charge is -2.10. The van der Waals surface area contributed by atoms with Crippen LogP contribution in [0.4, 0.5) is 18.3 Å². The average Bonchev–Trinajstić information content (AvgIpc) is 3.36. The zero-order valence-electron chi connectivity index (χ0n) is 18.1. The summed E-state index contributed by atoms with van der Waals surface area (Å²) in [7, 11) is 0. The summed E-state index contributed by atoms with van der Waals surface area (Å²) < 4.78 is 40.5. The molecule has 0 spiro atoms. The SMILES string of the molecule is Cc1nn(-c2cccc(C(F)(F)F)c2)c(C)c1C(=O)C(=O)Nc1nnc(Cc2ccccc2)s1. The smallest absolute Gasteiger partial charge is 0.294 e. The molecule has 4 rings (SSSR count). The summed E-state index contributed by atoms with van der Waals surface area (Å²) in [5.41, 5.74) is 0.802. The molecule has 1 amide bonds. The summed E-state index contributed by atoms with van der Waals surface area (Å²) >= 11 is 1.15. The van der Waals surface area contributed by atoms with Gasteiger partial charge in [-0.25, -0.2) is 4.68 Å². The maximum absolute atomic E-state index is 13.1. The first-order valence-electron chi connectivity index (χ1n) is 10.1. The van der Waals surface area contributed by atoms with E-state index in [9.17, 15) is 22.8 Å². The third-order valence-electron chi connectivity index (χ3n) is 5.03. The largest absolute Gasteiger partial charge is 0.416 e. The van der Waals surface area contributed by atoms with Gasteiger partial charge in [0.05, 0.1) is 28.2 Å². The number of halogens is 3. The molecule has 0 aliphatic heterocycles. The van der Waals surface area contributed by atoms with Crippen molar-refractivity contribution in [3.8, 4) is 5.69 Å². The van der Waals surface area contributed by atoms with Crippen LogP contribution in [0.25, 0.3) is 5.69 Å². The van der Waals surface area contributed by atoms with Crippen molar-refractivity contribution in [2.75, 3.05) is 5.32 Å². The molecule has 2 heterocycles. The minimum absolute atomic E-state index is 0.0175. The van der Waals surface area contributed by atoms with Crippen molar-refractivity contribution < 1.29 is 22.8 Å². The predicted molar refractivity (Wildman–Crippen MR) is 120 cm³/mol. The Morgan fingerprint density at radius 1 is 1.03 bits per heavy atom. The molecule has 4 aromatic rings. The van der Waals surface area contributed by atoms with Crippen molar-refractivity contribution in [3.05, 3.63) is 87.7 Å². The van der Waals surface area contributed by atoms with E-state index in [-0.39, 0.29) is 27.8 Å². The van der Waals surface area contributed by atoms with Gasteiger partial charge in [0.2, 0.25) is 5.13 Å². The Balaban J connectivity index is 1.53. The maximum Gasteiger partial charge on any atom is 0.416 e. The highest BCUT2D eigenvalue weighted by atomic mass is 32.1. The Bertz CT molecular complexity index is 1360. The monoisotopic (exact) mass is 485 g/mol. The van der Waals surface area contributed by atoms with Gasteiger partial charge >= 0.3 is 6.18 Å². The summed E-state index contributed by atoms with van der Waals surface area (Å²) in [6, 6.07) is 14.2. The van der Waals surface area contributed by atoms with Gasteiger partial charge in [-0.2, -0.15) is 18.3 Å². The van der Waals surface area contributed by atoms with Crippen LogP contribution < -0.4 is 5.32 Å². The zero-order chi connectivity index (χ0) is 24.5. The van der Waals surface area contributed by atoms with Gasteiger partial charge in [-0.3, -0.25) is 14.9 Å². The number of Topliss-reactive ketones (excluding diaryl/α,β-unsaturated/α-hetero) is 1. The quantitative estimate of drug-likeness (QED) is 0.314. The number of nitrogens with one attached hydrogen (secondary N) is 1. The normalized spacial score (nSPS) is 11.4. The number of alkyl halides is 3. The number of aromatic nitrogens is 4. The van der Waals surface area contributed by atoms with Gasteiger partial charge in [0, 0.05) is 6.42 Å². The molecule has 0 fully saturated rings. The molecule has 0 atom stereocenters. The van der Waals surface area contributed by atoms with Crippen molar-refractivity contribution in [3.63, 3.8) is 0 Å². The van der Waals surface area contributed by atoms with Crippen LogP contribution in [0.2, 0.25) is 0 Å². The fourth-order valence-corrected chi connectivity index (χ4v) is 4.22. The molecule has 11 heteroatoms. The number of amides is 1. The summed E-state index contributed by atoms with van der Waals surface area (Å²) in [5.74, 6) is -1.80. The molecule has 0 saturated heterocycles. The molecule has 2 aromatic carbocycles.